The quantitative estimate of drug-likeness (QED) is 0.468. The molecule has 1 fully saturated rings. The molecule has 142 valence electrons. The van der Waals surface area contributed by atoms with E-state index in [0.717, 1.165) is 27.7 Å². The molecule has 0 aliphatic heterocycles. The highest BCUT2D eigenvalue weighted by atomic mass is 127. The first-order valence-corrected chi connectivity index (χ1v) is 10.2. The van der Waals surface area contributed by atoms with Crippen LogP contribution in [0.15, 0.2) is 12.1 Å². The van der Waals surface area contributed by atoms with Gasteiger partial charge in [-0.05, 0) is 65.8 Å². The van der Waals surface area contributed by atoms with Crippen molar-refractivity contribution in [2.24, 2.45) is 5.92 Å². The van der Waals surface area contributed by atoms with E-state index in [1.807, 2.05) is 0 Å². The number of ether oxygens (including phenoxy) is 1. The van der Waals surface area contributed by atoms with E-state index < -0.39 is 11.7 Å². The van der Waals surface area contributed by atoms with E-state index in [-0.39, 0.29) is 28.4 Å². The Bertz CT molecular complexity index is 955. The van der Waals surface area contributed by atoms with Crippen molar-refractivity contribution in [2.45, 2.75) is 38.0 Å². The number of rotatable bonds is 3. The molecule has 1 saturated carbocycles. The average Bonchev–Trinajstić information content (AvgIpc) is 3.46. The van der Waals surface area contributed by atoms with Crippen LogP contribution in [0.2, 0.25) is 5.02 Å². The smallest absolute Gasteiger partial charge is 0.309 e. The molecule has 1 aromatic carbocycles. The van der Waals surface area contributed by atoms with Gasteiger partial charge in [-0.15, -0.1) is 0 Å². The second kappa shape index (κ2) is 7.16. The number of aromatic nitrogens is 2. The van der Waals surface area contributed by atoms with Gasteiger partial charge in [-0.1, -0.05) is 17.7 Å². The van der Waals surface area contributed by atoms with Crippen molar-refractivity contribution in [3.63, 3.8) is 0 Å². The lowest BCUT2D eigenvalue weighted by atomic mass is 9.88. The van der Waals surface area contributed by atoms with Crippen LogP contribution < -0.4 is 0 Å². The molecule has 2 aromatic rings. The zero-order valence-corrected chi connectivity index (χ0v) is 17.5. The van der Waals surface area contributed by atoms with Gasteiger partial charge in [0.15, 0.2) is 0 Å². The summed E-state index contributed by atoms with van der Waals surface area (Å²) in [6.07, 6.45) is 3.59. The third kappa shape index (κ3) is 3.29. The minimum Gasteiger partial charge on any atom is -0.469 e. The number of hydrogen-bond acceptors (Lipinski definition) is 4. The topological polar surface area (TPSA) is 61.2 Å². The second-order valence-electron chi connectivity index (χ2n) is 7.00. The highest BCUT2D eigenvalue weighted by molar-refractivity contribution is 14.1. The number of carbonyl (C=O) groups excluding carboxylic acids is 2. The van der Waals surface area contributed by atoms with Gasteiger partial charge in [0.1, 0.15) is 9.52 Å². The SMILES string of the molecule is COC(=O)[C@H]1CCc2c(I)nn(C(=O)c3c(C4CC4)ccc(F)c3Cl)c2C1. The van der Waals surface area contributed by atoms with Crippen molar-refractivity contribution in [3.8, 4) is 0 Å². The summed E-state index contributed by atoms with van der Waals surface area (Å²) in [5, 5.41) is 4.24. The van der Waals surface area contributed by atoms with Crippen molar-refractivity contribution in [3.05, 3.63) is 49.1 Å². The molecule has 2 aliphatic rings. The Kier molecular flexibility index (Phi) is 5.00. The number of methoxy groups -OCH3 is 1. The van der Waals surface area contributed by atoms with Crippen LogP contribution in [-0.2, 0) is 22.4 Å². The van der Waals surface area contributed by atoms with Gasteiger partial charge in [0.25, 0.3) is 5.91 Å². The minimum atomic E-state index is -0.618. The van der Waals surface area contributed by atoms with Crippen LogP contribution in [0.5, 0.6) is 0 Å². The van der Waals surface area contributed by atoms with E-state index in [2.05, 4.69) is 27.7 Å². The van der Waals surface area contributed by atoms with Crippen LogP contribution in [0, 0.1) is 15.4 Å². The van der Waals surface area contributed by atoms with Gasteiger partial charge in [0, 0.05) is 12.0 Å². The summed E-state index contributed by atoms with van der Waals surface area (Å²) < 4.78 is 21.0. The molecule has 1 aromatic heterocycles. The van der Waals surface area contributed by atoms with Gasteiger partial charge in [-0.25, -0.2) is 4.39 Å². The number of benzene rings is 1. The van der Waals surface area contributed by atoms with E-state index in [4.69, 9.17) is 16.3 Å². The van der Waals surface area contributed by atoms with Crippen molar-refractivity contribution < 1.29 is 18.7 Å². The molecular formula is C19H17ClFIN2O3. The molecule has 1 heterocycles. The third-order valence-electron chi connectivity index (χ3n) is 5.31. The zero-order chi connectivity index (χ0) is 19.3. The minimum absolute atomic E-state index is 0.163. The van der Waals surface area contributed by atoms with E-state index in [0.29, 0.717) is 25.0 Å². The molecule has 0 saturated heterocycles. The second-order valence-corrected chi connectivity index (χ2v) is 8.40. The van der Waals surface area contributed by atoms with E-state index in [9.17, 15) is 14.0 Å². The summed E-state index contributed by atoms with van der Waals surface area (Å²) in [6, 6.07) is 2.95. The number of hydrogen-bond donors (Lipinski definition) is 0. The number of esters is 1. The number of halogens is 3. The first-order valence-electron chi connectivity index (χ1n) is 8.79. The Balaban J connectivity index is 1.79. The Labute approximate surface area is 174 Å². The summed E-state index contributed by atoms with van der Waals surface area (Å²) in [5.41, 5.74) is 2.60. The first-order chi connectivity index (χ1) is 12.9. The van der Waals surface area contributed by atoms with Gasteiger partial charge in [0.05, 0.1) is 29.3 Å². The first kappa shape index (κ1) is 18.9. The predicted molar refractivity (Wildman–Crippen MR) is 106 cm³/mol. The Hall–Kier alpha value is -1.48. The van der Waals surface area contributed by atoms with Crippen LogP contribution in [-0.4, -0.2) is 28.8 Å². The van der Waals surface area contributed by atoms with Crippen LogP contribution in [0.3, 0.4) is 0 Å². The summed E-state index contributed by atoms with van der Waals surface area (Å²) in [5.74, 6) is -1.43. The molecule has 4 rings (SSSR count). The molecule has 0 amide bonds. The maximum absolute atomic E-state index is 14.1. The molecular weight excluding hydrogens is 486 g/mol. The molecule has 0 spiro atoms. The Morgan fingerprint density at radius 2 is 2.07 bits per heavy atom. The molecule has 1 atom stereocenters. The number of fused-ring (bicyclic) bond motifs is 1. The normalized spacial score (nSPS) is 18.9. The van der Waals surface area contributed by atoms with Gasteiger partial charge < -0.3 is 4.74 Å². The monoisotopic (exact) mass is 502 g/mol. The van der Waals surface area contributed by atoms with E-state index >= 15 is 0 Å². The van der Waals surface area contributed by atoms with Crippen molar-refractivity contribution in [1.29, 1.82) is 0 Å². The van der Waals surface area contributed by atoms with Crippen LogP contribution in [0.4, 0.5) is 4.39 Å². The fourth-order valence-electron chi connectivity index (χ4n) is 3.73. The van der Waals surface area contributed by atoms with Crippen molar-refractivity contribution in [2.75, 3.05) is 7.11 Å². The summed E-state index contributed by atoms with van der Waals surface area (Å²) in [4.78, 5) is 25.3. The highest BCUT2D eigenvalue weighted by Crippen LogP contribution is 2.44. The molecule has 0 bridgehead atoms. The standard InChI is InChI=1S/C19H17ClFIN2O3/c1-27-19(26)10-4-5-12-14(8-10)24(23-17(12)22)18(25)15-11(9-2-3-9)6-7-13(21)16(15)20/h6-7,9-10H,2-5,8H2,1H3/t10-/m0/s1. The number of carbonyl (C=O) groups is 2. The molecule has 0 radical (unpaired) electrons. The fraction of sp³-hybridized carbons (Fsp3) is 0.421. The molecule has 27 heavy (non-hydrogen) atoms. The van der Waals surface area contributed by atoms with E-state index in [1.165, 1.54) is 17.9 Å². The fourth-order valence-corrected chi connectivity index (χ4v) is 4.78. The Morgan fingerprint density at radius 1 is 1.33 bits per heavy atom. The van der Waals surface area contributed by atoms with Gasteiger partial charge in [-0.3, -0.25) is 9.59 Å². The maximum atomic E-state index is 14.1. The molecule has 5 nitrogen and oxygen atoms in total. The summed E-state index contributed by atoms with van der Waals surface area (Å²) >= 11 is 8.29. The highest BCUT2D eigenvalue weighted by Gasteiger charge is 2.35. The summed E-state index contributed by atoms with van der Waals surface area (Å²) in [6.45, 7) is 0. The molecule has 8 heteroatoms. The van der Waals surface area contributed by atoms with Crippen LogP contribution in [0.1, 0.15) is 52.4 Å². The lowest BCUT2D eigenvalue weighted by Gasteiger charge is -2.21. The molecule has 2 aliphatic carbocycles. The lowest BCUT2D eigenvalue weighted by molar-refractivity contribution is -0.145. The van der Waals surface area contributed by atoms with Gasteiger partial charge in [-0.2, -0.15) is 9.78 Å². The van der Waals surface area contributed by atoms with Crippen molar-refractivity contribution >= 4 is 46.1 Å². The zero-order valence-electron chi connectivity index (χ0n) is 14.6. The van der Waals surface area contributed by atoms with E-state index in [1.54, 1.807) is 6.07 Å². The van der Waals surface area contributed by atoms with Crippen LogP contribution in [0.25, 0.3) is 0 Å². The maximum Gasteiger partial charge on any atom is 0.309 e. The third-order valence-corrected chi connectivity index (χ3v) is 6.54. The van der Waals surface area contributed by atoms with Gasteiger partial charge in [0.2, 0.25) is 0 Å². The van der Waals surface area contributed by atoms with Crippen molar-refractivity contribution in [1.82, 2.24) is 9.78 Å². The lowest BCUT2D eigenvalue weighted by Crippen LogP contribution is -2.27. The Morgan fingerprint density at radius 3 is 2.74 bits per heavy atom. The molecule has 0 N–H and O–H groups in total. The number of nitrogens with zero attached hydrogens (tertiary/aromatic N) is 2. The van der Waals surface area contributed by atoms with Crippen LogP contribution >= 0.6 is 34.2 Å². The predicted octanol–water partition coefficient (Wildman–Crippen LogP) is 4.12. The average molecular weight is 503 g/mol. The molecule has 0 unspecified atom stereocenters. The summed E-state index contributed by atoms with van der Waals surface area (Å²) in [7, 11) is 1.36. The van der Waals surface area contributed by atoms with Gasteiger partial charge >= 0.3 is 5.97 Å². The largest absolute Gasteiger partial charge is 0.469 e.